The second kappa shape index (κ2) is 5.47. The monoisotopic (exact) mass is 313 g/mol. The lowest BCUT2D eigenvalue weighted by molar-refractivity contribution is -0.137. The average molecular weight is 313 g/mol. The van der Waals surface area contributed by atoms with Crippen LogP contribution in [0.4, 0.5) is 13.2 Å². The number of aromatic nitrogens is 1. The molecule has 0 saturated heterocycles. The van der Waals surface area contributed by atoms with Crippen LogP contribution in [0.3, 0.4) is 0 Å². The van der Waals surface area contributed by atoms with Crippen LogP contribution in [-0.2, 0) is 11.6 Å². The SMILES string of the molecule is CC(C)(C)c1oncc1C(=O)Oc1cccc(C(F)(F)F)c1. The molecule has 0 aliphatic carbocycles. The zero-order chi connectivity index (χ0) is 16.5. The van der Waals surface area contributed by atoms with Crippen LogP contribution in [0.5, 0.6) is 5.75 Å². The fourth-order valence-electron chi connectivity index (χ4n) is 1.82. The Hall–Kier alpha value is -2.31. The molecule has 0 spiro atoms. The van der Waals surface area contributed by atoms with Gasteiger partial charge in [-0.25, -0.2) is 4.79 Å². The van der Waals surface area contributed by atoms with Crippen LogP contribution >= 0.6 is 0 Å². The third kappa shape index (κ3) is 3.47. The van der Waals surface area contributed by atoms with Crippen LogP contribution in [0.15, 0.2) is 35.0 Å². The van der Waals surface area contributed by atoms with Gasteiger partial charge in [0, 0.05) is 5.41 Å². The van der Waals surface area contributed by atoms with Gasteiger partial charge < -0.3 is 9.26 Å². The Morgan fingerprint density at radius 2 is 1.91 bits per heavy atom. The summed E-state index contributed by atoms with van der Waals surface area (Å²) in [6.45, 7) is 5.44. The number of rotatable bonds is 2. The molecular weight excluding hydrogens is 299 g/mol. The van der Waals surface area contributed by atoms with Crippen molar-refractivity contribution in [3.8, 4) is 5.75 Å². The van der Waals surface area contributed by atoms with E-state index in [0.29, 0.717) is 5.76 Å². The summed E-state index contributed by atoms with van der Waals surface area (Å²) in [5.74, 6) is -0.698. The number of hydrogen-bond acceptors (Lipinski definition) is 4. The number of carbonyl (C=O) groups excluding carboxylic acids is 1. The van der Waals surface area contributed by atoms with Crippen molar-refractivity contribution in [1.29, 1.82) is 0 Å². The van der Waals surface area contributed by atoms with Gasteiger partial charge in [0.05, 0.1) is 11.8 Å². The third-order valence-corrected chi connectivity index (χ3v) is 2.84. The maximum atomic E-state index is 12.6. The molecule has 4 nitrogen and oxygen atoms in total. The van der Waals surface area contributed by atoms with Crippen LogP contribution in [0.25, 0.3) is 0 Å². The predicted molar refractivity (Wildman–Crippen MR) is 71.6 cm³/mol. The Kier molecular flexibility index (Phi) is 4.00. The van der Waals surface area contributed by atoms with Crippen LogP contribution in [0, 0.1) is 0 Å². The number of carbonyl (C=O) groups is 1. The highest BCUT2D eigenvalue weighted by Gasteiger charge is 2.31. The first-order valence-corrected chi connectivity index (χ1v) is 6.43. The summed E-state index contributed by atoms with van der Waals surface area (Å²) in [7, 11) is 0. The van der Waals surface area contributed by atoms with Gasteiger partial charge in [0.15, 0.2) is 5.76 Å². The van der Waals surface area contributed by atoms with Gasteiger partial charge in [0.1, 0.15) is 11.3 Å². The topological polar surface area (TPSA) is 52.3 Å². The molecule has 0 unspecified atom stereocenters. The highest BCUT2D eigenvalue weighted by Crippen LogP contribution is 2.32. The highest BCUT2D eigenvalue weighted by molar-refractivity contribution is 5.92. The molecule has 1 aromatic heterocycles. The smallest absolute Gasteiger partial charge is 0.416 e. The van der Waals surface area contributed by atoms with E-state index in [9.17, 15) is 18.0 Å². The lowest BCUT2D eigenvalue weighted by Crippen LogP contribution is -2.18. The largest absolute Gasteiger partial charge is 0.423 e. The van der Waals surface area contributed by atoms with Crippen molar-refractivity contribution in [3.63, 3.8) is 0 Å². The summed E-state index contributed by atoms with van der Waals surface area (Å²) in [6, 6.07) is 4.11. The quantitative estimate of drug-likeness (QED) is 0.615. The van der Waals surface area contributed by atoms with Crippen LogP contribution in [0.1, 0.15) is 42.5 Å². The summed E-state index contributed by atoms with van der Waals surface area (Å²) in [5, 5.41) is 3.55. The molecule has 1 aromatic carbocycles. The van der Waals surface area contributed by atoms with E-state index in [0.717, 1.165) is 12.1 Å². The normalized spacial score (nSPS) is 12.3. The number of esters is 1. The van der Waals surface area contributed by atoms with Crippen LogP contribution in [-0.4, -0.2) is 11.1 Å². The lowest BCUT2D eigenvalue weighted by atomic mass is 9.90. The second-order valence-electron chi connectivity index (χ2n) is 5.73. The van der Waals surface area contributed by atoms with E-state index in [2.05, 4.69) is 5.16 Å². The van der Waals surface area contributed by atoms with Gasteiger partial charge >= 0.3 is 12.1 Å². The first-order valence-electron chi connectivity index (χ1n) is 6.43. The summed E-state index contributed by atoms with van der Waals surface area (Å²) < 4.78 is 47.9. The standard InChI is InChI=1S/C15H14F3NO3/c1-14(2,3)12-11(8-19-22-12)13(20)21-10-6-4-5-9(7-10)15(16,17)18/h4-8H,1-3H3. The number of hydrogen-bond donors (Lipinski definition) is 0. The summed E-state index contributed by atoms with van der Waals surface area (Å²) in [5.41, 5.74) is -1.29. The molecule has 0 radical (unpaired) electrons. The molecule has 0 aliphatic heterocycles. The fourth-order valence-corrected chi connectivity index (χ4v) is 1.82. The first kappa shape index (κ1) is 16.1. The zero-order valence-corrected chi connectivity index (χ0v) is 12.2. The minimum Gasteiger partial charge on any atom is -0.423 e. The Bertz CT molecular complexity index is 684. The van der Waals surface area contributed by atoms with Gasteiger partial charge in [-0.15, -0.1) is 0 Å². The van der Waals surface area contributed by atoms with Crippen molar-refractivity contribution in [2.45, 2.75) is 32.4 Å². The molecule has 0 bridgehead atoms. The Labute approximate surface area is 124 Å². The van der Waals surface area contributed by atoms with Gasteiger partial charge in [-0.2, -0.15) is 13.2 Å². The van der Waals surface area contributed by atoms with Crippen molar-refractivity contribution >= 4 is 5.97 Å². The van der Waals surface area contributed by atoms with Gasteiger partial charge in [-0.1, -0.05) is 32.0 Å². The van der Waals surface area contributed by atoms with Crippen LogP contribution in [0.2, 0.25) is 0 Å². The Morgan fingerprint density at radius 3 is 2.50 bits per heavy atom. The maximum Gasteiger partial charge on any atom is 0.416 e. The van der Waals surface area contributed by atoms with Crippen molar-refractivity contribution < 1.29 is 27.2 Å². The molecule has 7 heteroatoms. The summed E-state index contributed by atoms with van der Waals surface area (Å²) >= 11 is 0. The molecule has 0 amide bonds. The van der Waals surface area contributed by atoms with E-state index in [4.69, 9.17) is 9.26 Å². The van der Waals surface area contributed by atoms with Gasteiger partial charge in [0.2, 0.25) is 0 Å². The van der Waals surface area contributed by atoms with E-state index < -0.39 is 23.1 Å². The average Bonchev–Trinajstić information content (AvgIpc) is 2.87. The molecule has 2 aromatic rings. The predicted octanol–water partition coefficient (Wildman–Crippen LogP) is 4.21. The van der Waals surface area contributed by atoms with Crippen molar-refractivity contribution in [2.24, 2.45) is 0 Å². The van der Waals surface area contributed by atoms with Gasteiger partial charge in [0.25, 0.3) is 0 Å². The molecule has 0 atom stereocenters. The number of ether oxygens (including phenoxy) is 1. The molecule has 118 valence electrons. The van der Waals surface area contributed by atoms with Crippen molar-refractivity contribution in [1.82, 2.24) is 5.16 Å². The molecule has 0 N–H and O–H groups in total. The summed E-state index contributed by atoms with van der Waals surface area (Å²) in [4.78, 5) is 12.1. The third-order valence-electron chi connectivity index (χ3n) is 2.84. The highest BCUT2D eigenvalue weighted by atomic mass is 19.4. The van der Waals surface area contributed by atoms with E-state index >= 15 is 0 Å². The fraction of sp³-hybridized carbons (Fsp3) is 0.333. The van der Waals surface area contributed by atoms with E-state index in [-0.39, 0.29) is 11.3 Å². The second-order valence-corrected chi connectivity index (χ2v) is 5.73. The minimum absolute atomic E-state index is 0.0879. The van der Waals surface area contributed by atoms with Crippen molar-refractivity contribution in [3.05, 3.63) is 47.3 Å². The number of benzene rings is 1. The lowest BCUT2D eigenvalue weighted by Gasteiger charge is -2.15. The Balaban J connectivity index is 2.25. The van der Waals surface area contributed by atoms with Crippen molar-refractivity contribution in [2.75, 3.05) is 0 Å². The molecular formula is C15H14F3NO3. The Morgan fingerprint density at radius 1 is 1.23 bits per heavy atom. The first-order chi connectivity index (χ1) is 10.1. The molecule has 1 heterocycles. The van der Waals surface area contributed by atoms with E-state index in [1.807, 2.05) is 20.8 Å². The van der Waals surface area contributed by atoms with Gasteiger partial charge in [-0.3, -0.25) is 0 Å². The maximum absolute atomic E-state index is 12.6. The molecule has 0 aliphatic rings. The molecule has 22 heavy (non-hydrogen) atoms. The van der Waals surface area contributed by atoms with Gasteiger partial charge in [-0.05, 0) is 18.2 Å². The minimum atomic E-state index is -4.50. The number of halogens is 3. The van der Waals surface area contributed by atoms with E-state index in [1.54, 1.807) is 0 Å². The zero-order valence-electron chi connectivity index (χ0n) is 12.2. The molecule has 0 saturated carbocycles. The summed E-state index contributed by atoms with van der Waals surface area (Å²) in [6.07, 6.45) is -3.31. The van der Waals surface area contributed by atoms with E-state index in [1.165, 1.54) is 18.3 Å². The molecule has 2 rings (SSSR count). The van der Waals surface area contributed by atoms with Crippen LogP contribution < -0.4 is 4.74 Å². The number of alkyl halides is 3. The number of nitrogens with zero attached hydrogens (tertiary/aromatic N) is 1. The molecule has 0 fully saturated rings.